The van der Waals surface area contributed by atoms with Crippen molar-refractivity contribution in [3.63, 3.8) is 0 Å². The lowest BCUT2D eigenvalue weighted by Crippen LogP contribution is -2.23. The second-order valence-electron chi connectivity index (χ2n) is 2.77. The average molecular weight is 164 g/mol. The Morgan fingerprint density at radius 2 is 1.92 bits per heavy atom. The molecule has 1 aromatic heterocycles. The van der Waals surface area contributed by atoms with E-state index in [2.05, 4.69) is 0 Å². The normalized spacial score (nSPS) is 10.5. The summed E-state index contributed by atoms with van der Waals surface area (Å²) in [4.78, 5) is 1.94. The summed E-state index contributed by atoms with van der Waals surface area (Å²) >= 11 is 0. The van der Waals surface area contributed by atoms with Gasteiger partial charge in [-0.1, -0.05) is 0 Å². The molecule has 0 spiro atoms. The predicted molar refractivity (Wildman–Crippen MR) is 48.1 cm³/mol. The fourth-order valence-corrected chi connectivity index (χ4v) is 0.771. The fraction of sp³-hybridized carbons (Fsp3) is 0.222. The number of pyridine rings is 1. The molecular formula is C9H12N2O. The van der Waals surface area contributed by atoms with Crippen molar-refractivity contribution in [2.45, 2.75) is 0 Å². The highest BCUT2D eigenvalue weighted by atomic mass is 16.5. The van der Waals surface area contributed by atoms with Gasteiger partial charge in [-0.3, -0.25) is 0 Å². The van der Waals surface area contributed by atoms with Crippen LogP contribution >= 0.6 is 0 Å². The monoisotopic (exact) mass is 164 g/mol. The van der Waals surface area contributed by atoms with Crippen molar-refractivity contribution in [1.29, 1.82) is 0 Å². The molecule has 0 fully saturated rings. The molecule has 1 rings (SSSR count). The van der Waals surface area contributed by atoms with Crippen molar-refractivity contribution in [1.82, 2.24) is 4.90 Å². The van der Waals surface area contributed by atoms with E-state index in [1.165, 1.54) is 12.4 Å². The van der Waals surface area contributed by atoms with Gasteiger partial charge in [-0.25, -0.2) is 0 Å². The van der Waals surface area contributed by atoms with Crippen molar-refractivity contribution in [2.24, 2.45) is 0 Å². The van der Waals surface area contributed by atoms with Crippen LogP contribution in [0.3, 0.4) is 0 Å². The Labute approximate surface area is 72.1 Å². The van der Waals surface area contributed by atoms with Gasteiger partial charge >= 0.3 is 0 Å². The Kier molecular flexibility index (Phi) is 2.69. The number of aromatic nitrogens is 1. The zero-order valence-corrected chi connectivity index (χ0v) is 7.27. The number of hydrogen-bond donors (Lipinski definition) is 0. The Hall–Kier alpha value is -1.51. The summed E-state index contributed by atoms with van der Waals surface area (Å²) in [6.45, 7) is 0. The van der Waals surface area contributed by atoms with Crippen LogP contribution in [-0.4, -0.2) is 19.0 Å². The lowest BCUT2D eigenvalue weighted by Gasteiger charge is -2.02. The minimum atomic E-state index is 0.771. The van der Waals surface area contributed by atoms with E-state index >= 15 is 0 Å². The molecule has 12 heavy (non-hydrogen) atoms. The summed E-state index contributed by atoms with van der Waals surface area (Å²) in [5, 5.41) is 10.6. The van der Waals surface area contributed by atoms with Gasteiger partial charge in [0.2, 0.25) is 0 Å². The van der Waals surface area contributed by atoms with E-state index in [0.717, 1.165) is 10.3 Å². The highest BCUT2D eigenvalue weighted by molar-refractivity contribution is 5.46. The van der Waals surface area contributed by atoms with Crippen LogP contribution in [0.5, 0.6) is 0 Å². The Balaban J connectivity index is 2.71. The average Bonchev–Trinajstić information content (AvgIpc) is 2.03. The maximum absolute atomic E-state index is 10.6. The molecule has 0 aliphatic heterocycles. The zero-order chi connectivity index (χ0) is 8.97. The number of nitrogens with zero attached hydrogens (tertiary/aromatic N) is 2. The largest absolute Gasteiger partial charge is 0.619 e. The fourth-order valence-electron chi connectivity index (χ4n) is 0.771. The van der Waals surface area contributed by atoms with Gasteiger partial charge in [-0.2, -0.15) is 4.73 Å². The maximum atomic E-state index is 10.6. The van der Waals surface area contributed by atoms with Crippen LogP contribution in [0.25, 0.3) is 6.08 Å². The first-order chi connectivity index (χ1) is 5.68. The van der Waals surface area contributed by atoms with Gasteiger partial charge in [0, 0.05) is 26.2 Å². The summed E-state index contributed by atoms with van der Waals surface area (Å²) < 4.78 is 0.771. The van der Waals surface area contributed by atoms with E-state index in [-0.39, 0.29) is 0 Å². The maximum Gasteiger partial charge on any atom is 0.180 e. The minimum absolute atomic E-state index is 0.771. The molecule has 3 heteroatoms. The molecule has 0 aliphatic rings. The molecule has 0 bridgehead atoms. The van der Waals surface area contributed by atoms with E-state index in [1.807, 2.05) is 31.3 Å². The molecular weight excluding hydrogens is 152 g/mol. The standard InChI is InChI=1S/C9H12N2O/c1-10(2)6-3-9-4-7-11(12)8-5-9/h3-8H,1-2H3. The van der Waals surface area contributed by atoms with E-state index < -0.39 is 0 Å². The first-order valence-electron chi connectivity index (χ1n) is 3.72. The third-order valence-corrected chi connectivity index (χ3v) is 1.39. The van der Waals surface area contributed by atoms with Crippen LogP contribution in [0.15, 0.2) is 30.7 Å². The molecule has 3 nitrogen and oxygen atoms in total. The van der Waals surface area contributed by atoms with Gasteiger partial charge in [0.25, 0.3) is 0 Å². The summed E-state index contributed by atoms with van der Waals surface area (Å²) in [7, 11) is 3.90. The first-order valence-corrected chi connectivity index (χ1v) is 3.72. The van der Waals surface area contributed by atoms with Crippen LogP contribution in [0, 0.1) is 5.21 Å². The summed E-state index contributed by atoms with van der Waals surface area (Å²) in [5.74, 6) is 0. The van der Waals surface area contributed by atoms with E-state index in [9.17, 15) is 5.21 Å². The molecule has 0 aromatic carbocycles. The van der Waals surface area contributed by atoms with Crippen molar-refractivity contribution in [3.05, 3.63) is 41.5 Å². The van der Waals surface area contributed by atoms with Crippen LogP contribution in [0.4, 0.5) is 0 Å². The third-order valence-electron chi connectivity index (χ3n) is 1.39. The lowest BCUT2D eigenvalue weighted by molar-refractivity contribution is -0.605. The molecule has 64 valence electrons. The van der Waals surface area contributed by atoms with Crippen molar-refractivity contribution < 1.29 is 4.73 Å². The van der Waals surface area contributed by atoms with Gasteiger partial charge in [0.15, 0.2) is 12.4 Å². The van der Waals surface area contributed by atoms with Gasteiger partial charge < -0.3 is 10.1 Å². The van der Waals surface area contributed by atoms with E-state index in [1.54, 1.807) is 12.1 Å². The Morgan fingerprint density at radius 3 is 2.42 bits per heavy atom. The second kappa shape index (κ2) is 3.76. The van der Waals surface area contributed by atoms with Gasteiger partial charge in [-0.15, -0.1) is 0 Å². The Bertz CT molecular complexity index is 264. The highest BCUT2D eigenvalue weighted by Gasteiger charge is 1.88. The van der Waals surface area contributed by atoms with Crippen LogP contribution < -0.4 is 4.73 Å². The molecule has 0 N–H and O–H groups in total. The van der Waals surface area contributed by atoms with Crippen LogP contribution in [0.1, 0.15) is 5.56 Å². The molecule has 1 heterocycles. The highest BCUT2D eigenvalue weighted by Crippen LogP contribution is 1.98. The molecule has 0 aliphatic carbocycles. The molecule has 0 radical (unpaired) electrons. The molecule has 0 amide bonds. The second-order valence-corrected chi connectivity index (χ2v) is 2.77. The SMILES string of the molecule is CN(C)C=Cc1cc[n+]([O-])cc1. The zero-order valence-electron chi connectivity index (χ0n) is 7.27. The number of rotatable bonds is 2. The number of hydrogen-bond acceptors (Lipinski definition) is 2. The van der Waals surface area contributed by atoms with E-state index in [4.69, 9.17) is 0 Å². The van der Waals surface area contributed by atoms with Crippen molar-refractivity contribution in [3.8, 4) is 0 Å². The molecule has 0 saturated carbocycles. The molecule has 0 unspecified atom stereocenters. The summed E-state index contributed by atoms with van der Waals surface area (Å²) in [6.07, 6.45) is 6.84. The minimum Gasteiger partial charge on any atom is -0.619 e. The van der Waals surface area contributed by atoms with Gasteiger partial charge in [0.1, 0.15) is 0 Å². The quantitative estimate of drug-likeness (QED) is 0.479. The van der Waals surface area contributed by atoms with Gasteiger partial charge in [0.05, 0.1) is 0 Å². The van der Waals surface area contributed by atoms with Crippen molar-refractivity contribution in [2.75, 3.05) is 14.1 Å². The predicted octanol–water partition coefficient (Wildman–Crippen LogP) is 0.852. The Morgan fingerprint density at radius 1 is 1.33 bits per heavy atom. The summed E-state index contributed by atoms with van der Waals surface area (Å²) in [5.41, 5.74) is 1.02. The summed E-state index contributed by atoms with van der Waals surface area (Å²) in [6, 6.07) is 3.54. The van der Waals surface area contributed by atoms with Crippen LogP contribution in [0.2, 0.25) is 0 Å². The van der Waals surface area contributed by atoms with Crippen LogP contribution in [-0.2, 0) is 0 Å². The topological polar surface area (TPSA) is 30.2 Å². The van der Waals surface area contributed by atoms with Crippen molar-refractivity contribution >= 4 is 6.08 Å². The molecule has 0 saturated heterocycles. The first kappa shape index (κ1) is 8.59. The van der Waals surface area contributed by atoms with Gasteiger partial charge in [-0.05, 0) is 17.8 Å². The lowest BCUT2D eigenvalue weighted by atomic mass is 10.3. The molecule has 1 aromatic rings. The van der Waals surface area contributed by atoms with E-state index in [0.29, 0.717) is 0 Å². The molecule has 0 atom stereocenters. The smallest absolute Gasteiger partial charge is 0.180 e. The third kappa shape index (κ3) is 2.62.